The maximum Gasteiger partial charge on any atom is 0.274 e. The molecular formula is C10H16N2O3S. The van der Waals surface area contributed by atoms with Gasteiger partial charge in [-0.25, -0.2) is 9.86 Å². The zero-order chi connectivity index (χ0) is 12.0. The molecule has 1 aromatic carbocycles. The Hall–Kier alpha value is -1.11. The third-order valence-electron chi connectivity index (χ3n) is 1.97. The Morgan fingerprint density at radius 2 is 2.06 bits per heavy atom. The summed E-state index contributed by atoms with van der Waals surface area (Å²) in [7, 11) is -3.61. The molecule has 0 spiro atoms. The van der Waals surface area contributed by atoms with Gasteiger partial charge in [-0.15, -0.1) is 0 Å². The van der Waals surface area contributed by atoms with Crippen molar-refractivity contribution in [2.75, 3.05) is 13.2 Å². The van der Waals surface area contributed by atoms with Crippen molar-refractivity contribution in [2.45, 2.75) is 13.3 Å². The van der Waals surface area contributed by atoms with Gasteiger partial charge < -0.3 is 4.74 Å². The molecule has 6 heteroatoms. The first-order chi connectivity index (χ1) is 7.53. The highest BCUT2D eigenvalue weighted by Crippen LogP contribution is 2.17. The fourth-order valence-corrected chi connectivity index (χ4v) is 1.72. The van der Waals surface area contributed by atoms with Crippen molar-refractivity contribution >= 4 is 10.2 Å². The molecule has 0 aliphatic carbocycles. The zero-order valence-corrected chi connectivity index (χ0v) is 9.96. The van der Waals surface area contributed by atoms with Gasteiger partial charge in [0, 0.05) is 6.54 Å². The number of hydrogen-bond donors (Lipinski definition) is 2. The second-order valence-corrected chi connectivity index (χ2v) is 4.61. The average Bonchev–Trinajstić information content (AvgIpc) is 2.19. The first-order valence-corrected chi connectivity index (χ1v) is 6.55. The lowest BCUT2D eigenvalue weighted by atomic mass is 10.1. The molecule has 0 amide bonds. The Labute approximate surface area is 95.8 Å². The van der Waals surface area contributed by atoms with Crippen molar-refractivity contribution < 1.29 is 13.2 Å². The second kappa shape index (κ2) is 5.83. The van der Waals surface area contributed by atoms with Crippen LogP contribution in [0.5, 0.6) is 5.75 Å². The molecule has 16 heavy (non-hydrogen) atoms. The lowest BCUT2D eigenvalue weighted by molar-refractivity contribution is 0.336. The molecule has 0 saturated carbocycles. The molecule has 1 aromatic rings. The van der Waals surface area contributed by atoms with Gasteiger partial charge in [0.25, 0.3) is 10.2 Å². The Bertz CT molecular complexity index is 431. The monoisotopic (exact) mass is 244 g/mol. The summed E-state index contributed by atoms with van der Waals surface area (Å²) in [6, 6.07) is 7.52. The molecule has 5 nitrogen and oxygen atoms in total. The molecule has 0 fully saturated rings. The molecule has 0 heterocycles. The first-order valence-electron chi connectivity index (χ1n) is 5.01. The molecule has 0 bridgehead atoms. The fraction of sp³-hybridized carbons (Fsp3) is 0.400. The number of ether oxygens (including phenoxy) is 1. The summed E-state index contributed by atoms with van der Waals surface area (Å²) in [6.45, 7) is 2.75. The largest absolute Gasteiger partial charge is 0.494 e. The maximum absolute atomic E-state index is 10.7. The van der Waals surface area contributed by atoms with E-state index in [1.807, 2.05) is 31.2 Å². The van der Waals surface area contributed by atoms with E-state index in [1.54, 1.807) is 0 Å². The summed E-state index contributed by atoms with van der Waals surface area (Å²) in [5, 5.41) is 4.83. The molecule has 90 valence electrons. The fourth-order valence-electron chi connectivity index (χ4n) is 1.33. The minimum absolute atomic E-state index is 0.267. The predicted octanol–water partition coefficient (Wildman–Crippen LogP) is 0.421. The van der Waals surface area contributed by atoms with E-state index in [2.05, 4.69) is 4.72 Å². The molecule has 0 unspecified atom stereocenters. The molecule has 0 aliphatic rings. The Morgan fingerprint density at radius 1 is 1.38 bits per heavy atom. The average molecular weight is 244 g/mol. The third kappa shape index (κ3) is 4.61. The van der Waals surface area contributed by atoms with Crippen LogP contribution in [0.2, 0.25) is 0 Å². The van der Waals surface area contributed by atoms with Crippen LogP contribution in [-0.4, -0.2) is 21.6 Å². The van der Waals surface area contributed by atoms with E-state index in [9.17, 15) is 8.42 Å². The molecule has 3 N–H and O–H groups in total. The van der Waals surface area contributed by atoms with E-state index >= 15 is 0 Å². The number of rotatable bonds is 6. The molecule has 0 saturated heterocycles. The lowest BCUT2D eigenvalue weighted by Crippen LogP contribution is -2.32. The highest BCUT2D eigenvalue weighted by Gasteiger charge is 2.04. The summed E-state index contributed by atoms with van der Waals surface area (Å²) >= 11 is 0. The Balaban J connectivity index is 2.59. The van der Waals surface area contributed by atoms with Crippen LogP contribution in [0.4, 0.5) is 0 Å². The van der Waals surface area contributed by atoms with Crippen LogP contribution >= 0.6 is 0 Å². The molecule has 0 aliphatic heterocycles. The van der Waals surface area contributed by atoms with Crippen LogP contribution in [-0.2, 0) is 16.6 Å². The van der Waals surface area contributed by atoms with Crippen LogP contribution in [0.25, 0.3) is 0 Å². The summed E-state index contributed by atoms with van der Waals surface area (Å²) in [4.78, 5) is 0. The van der Waals surface area contributed by atoms with E-state index in [0.29, 0.717) is 13.0 Å². The number of hydrogen-bond acceptors (Lipinski definition) is 3. The van der Waals surface area contributed by atoms with Gasteiger partial charge in [-0.1, -0.05) is 18.2 Å². The van der Waals surface area contributed by atoms with Crippen LogP contribution < -0.4 is 14.6 Å². The number of para-hydroxylation sites is 1. The Kier molecular flexibility index (Phi) is 4.72. The van der Waals surface area contributed by atoms with E-state index < -0.39 is 10.2 Å². The van der Waals surface area contributed by atoms with E-state index in [4.69, 9.17) is 9.88 Å². The number of nitrogens with two attached hydrogens (primary N) is 1. The number of benzene rings is 1. The predicted molar refractivity (Wildman–Crippen MR) is 62.4 cm³/mol. The number of nitrogens with one attached hydrogen (secondary N) is 1. The van der Waals surface area contributed by atoms with Gasteiger partial charge in [0.05, 0.1) is 6.61 Å². The molecule has 0 atom stereocenters. The molecule has 1 rings (SSSR count). The third-order valence-corrected chi connectivity index (χ3v) is 2.58. The molecule has 0 aromatic heterocycles. The van der Waals surface area contributed by atoms with E-state index in [0.717, 1.165) is 11.3 Å². The topological polar surface area (TPSA) is 81.4 Å². The van der Waals surface area contributed by atoms with Crippen LogP contribution in [0, 0.1) is 0 Å². The second-order valence-electron chi connectivity index (χ2n) is 3.23. The molecular weight excluding hydrogens is 228 g/mol. The van der Waals surface area contributed by atoms with E-state index in [-0.39, 0.29) is 6.54 Å². The normalized spacial score (nSPS) is 11.4. The standard InChI is InChI=1S/C10H16N2O3S/c1-2-15-10-6-4-3-5-9(10)7-8-12-16(11,13)14/h3-6,12H,2,7-8H2,1H3,(H2,11,13,14). The Morgan fingerprint density at radius 3 is 2.69 bits per heavy atom. The summed E-state index contributed by atoms with van der Waals surface area (Å²) < 4.78 is 29.0. The zero-order valence-electron chi connectivity index (χ0n) is 9.14. The van der Waals surface area contributed by atoms with E-state index in [1.165, 1.54) is 0 Å². The molecule has 0 radical (unpaired) electrons. The summed E-state index contributed by atoms with van der Waals surface area (Å²) in [5.41, 5.74) is 0.959. The van der Waals surface area contributed by atoms with Gasteiger partial charge in [-0.3, -0.25) is 0 Å². The minimum atomic E-state index is -3.61. The van der Waals surface area contributed by atoms with Gasteiger partial charge in [0.15, 0.2) is 0 Å². The SMILES string of the molecule is CCOc1ccccc1CCNS(N)(=O)=O. The highest BCUT2D eigenvalue weighted by atomic mass is 32.2. The van der Waals surface area contributed by atoms with Gasteiger partial charge in [0.1, 0.15) is 5.75 Å². The van der Waals surface area contributed by atoms with Gasteiger partial charge in [0.2, 0.25) is 0 Å². The van der Waals surface area contributed by atoms with Crippen molar-refractivity contribution in [2.24, 2.45) is 5.14 Å². The van der Waals surface area contributed by atoms with Crippen LogP contribution in [0.3, 0.4) is 0 Å². The summed E-state index contributed by atoms with van der Waals surface area (Å²) in [6.07, 6.45) is 0.548. The van der Waals surface area contributed by atoms with Gasteiger partial charge >= 0.3 is 0 Å². The van der Waals surface area contributed by atoms with Crippen molar-refractivity contribution in [1.29, 1.82) is 0 Å². The highest BCUT2D eigenvalue weighted by molar-refractivity contribution is 7.87. The van der Waals surface area contributed by atoms with Crippen molar-refractivity contribution in [3.8, 4) is 5.75 Å². The quantitative estimate of drug-likeness (QED) is 0.761. The van der Waals surface area contributed by atoms with Crippen molar-refractivity contribution in [3.63, 3.8) is 0 Å². The minimum Gasteiger partial charge on any atom is -0.494 e. The van der Waals surface area contributed by atoms with Crippen molar-refractivity contribution in [3.05, 3.63) is 29.8 Å². The summed E-state index contributed by atoms with van der Waals surface area (Å²) in [5.74, 6) is 0.779. The lowest BCUT2D eigenvalue weighted by Gasteiger charge is -2.09. The maximum atomic E-state index is 10.7. The van der Waals surface area contributed by atoms with Crippen LogP contribution in [0.1, 0.15) is 12.5 Å². The smallest absolute Gasteiger partial charge is 0.274 e. The van der Waals surface area contributed by atoms with Gasteiger partial charge in [-0.2, -0.15) is 8.42 Å². The van der Waals surface area contributed by atoms with Crippen LogP contribution in [0.15, 0.2) is 24.3 Å². The first kappa shape index (κ1) is 13.0. The van der Waals surface area contributed by atoms with Gasteiger partial charge in [-0.05, 0) is 25.0 Å². The van der Waals surface area contributed by atoms with Crippen molar-refractivity contribution in [1.82, 2.24) is 4.72 Å².